The van der Waals surface area contributed by atoms with Gasteiger partial charge in [-0.3, -0.25) is 35.0 Å². The van der Waals surface area contributed by atoms with Crippen LogP contribution in [0.25, 0.3) is 112 Å². The van der Waals surface area contributed by atoms with Gasteiger partial charge in [0.25, 0.3) is 0 Å². The molecule has 18 heteroatoms. The van der Waals surface area contributed by atoms with Crippen molar-refractivity contribution < 1.29 is 0 Å². The highest BCUT2D eigenvalue weighted by Crippen LogP contribution is 2.34. The highest BCUT2D eigenvalue weighted by Gasteiger charge is 2.20. The van der Waals surface area contributed by atoms with Crippen LogP contribution in [0.15, 0.2) is 145 Å². The van der Waals surface area contributed by atoms with Crippen LogP contribution in [0.2, 0.25) is 0 Å². The van der Waals surface area contributed by atoms with Gasteiger partial charge in [0.2, 0.25) is 0 Å². The zero-order valence-corrected chi connectivity index (χ0v) is 43.0. The predicted molar refractivity (Wildman–Crippen MR) is 303 cm³/mol. The second-order valence-corrected chi connectivity index (χ2v) is 20.9. The molecule has 0 atom stereocenters. The molecule has 12 aromatic rings. The standard InChI is InChI=1S/C29H20N8S.C28H30N8S/c1-17(18-5-3-2-4-6-18)32-21-11-20(12-30-13-21)23-7-8-24-27(33-23)28(37-36-24)29-34-25-15-31-14-22(26(25)35-29)19-9-10-38-16-19;1-17(2)37-16-18(3)21-13-30-14-24-25(21)33-28(32-24)27-26-23(34-35-27)7-6-22(31-26)20-10-19(11-29-12-20)15-36-8-4-5-9-36/h2-16,32H,1H2,(H,34,35)(H,36,37);6-7,10-14,16-17H,4-5,8-9,15H2,1-3H3,(H,32,33)(H,34,35)/b;18-16+. The maximum absolute atomic E-state index is 4.99. The van der Waals surface area contributed by atoms with Crippen LogP contribution in [-0.2, 0) is 6.54 Å². The van der Waals surface area contributed by atoms with Gasteiger partial charge in [-0.15, -0.1) is 11.8 Å². The quantitative estimate of drug-likeness (QED) is 0.0729. The number of anilines is 1. The molecule has 0 unspecified atom stereocenters. The molecule has 11 aromatic heterocycles. The van der Waals surface area contributed by atoms with Crippen molar-refractivity contribution in [2.45, 2.75) is 45.4 Å². The average Bonchev–Trinajstić information content (AvgIpc) is 4.32. The van der Waals surface area contributed by atoms with E-state index in [1.165, 1.54) is 18.4 Å². The van der Waals surface area contributed by atoms with Gasteiger partial charge in [-0.1, -0.05) is 50.8 Å². The molecule has 0 bridgehead atoms. The number of thioether (sulfide) groups is 1. The minimum atomic E-state index is 0.517. The van der Waals surface area contributed by atoms with Gasteiger partial charge in [0.1, 0.15) is 16.6 Å². The first-order valence-electron chi connectivity index (χ1n) is 24.6. The number of imidazole rings is 2. The Kier molecular flexibility index (Phi) is 13.0. The monoisotopic (exact) mass is 1020 g/mol. The molecular formula is C57H50N16S2. The van der Waals surface area contributed by atoms with Gasteiger partial charge in [-0.05, 0) is 114 Å². The highest BCUT2D eigenvalue weighted by molar-refractivity contribution is 8.02. The molecule has 75 heavy (non-hydrogen) atoms. The summed E-state index contributed by atoms with van der Waals surface area (Å²) in [6.45, 7) is 13.9. The molecule has 1 aliphatic heterocycles. The van der Waals surface area contributed by atoms with E-state index in [1.54, 1.807) is 41.7 Å². The Bertz CT molecular complexity index is 4030. The first kappa shape index (κ1) is 47.3. The van der Waals surface area contributed by atoms with Gasteiger partial charge in [0.15, 0.2) is 23.0 Å². The molecule has 0 spiro atoms. The van der Waals surface area contributed by atoms with E-state index in [9.17, 15) is 0 Å². The van der Waals surface area contributed by atoms with Crippen molar-refractivity contribution in [1.82, 2.24) is 75.1 Å². The Morgan fingerprint density at radius 3 is 2.00 bits per heavy atom. The van der Waals surface area contributed by atoms with E-state index >= 15 is 0 Å². The molecule has 0 amide bonds. The number of allylic oxidation sites excluding steroid dienone is 1. The number of fused-ring (bicyclic) bond motifs is 4. The van der Waals surface area contributed by atoms with E-state index in [0.29, 0.717) is 28.3 Å². The van der Waals surface area contributed by atoms with Crippen molar-refractivity contribution in [3.63, 3.8) is 0 Å². The molecule has 5 N–H and O–H groups in total. The Hall–Kier alpha value is -8.71. The average molecular weight is 1020 g/mol. The minimum Gasteiger partial charge on any atom is -0.354 e. The zero-order chi connectivity index (χ0) is 50.8. The summed E-state index contributed by atoms with van der Waals surface area (Å²) < 4.78 is 0. The van der Waals surface area contributed by atoms with Crippen LogP contribution in [0.5, 0.6) is 0 Å². The van der Waals surface area contributed by atoms with Crippen molar-refractivity contribution in [3.05, 3.63) is 162 Å². The number of aromatic nitrogens is 14. The van der Waals surface area contributed by atoms with Crippen LogP contribution >= 0.6 is 23.1 Å². The van der Waals surface area contributed by atoms with Crippen molar-refractivity contribution >= 4 is 84.2 Å². The van der Waals surface area contributed by atoms with Crippen molar-refractivity contribution in [3.8, 4) is 56.7 Å². The molecule has 1 aromatic carbocycles. The fraction of sp³-hybridized carbons (Fsp3) is 0.158. The van der Waals surface area contributed by atoms with Crippen LogP contribution in [0, 0.1) is 0 Å². The molecule has 1 saturated heterocycles. The summed E-state index contributed by atoms with van der Waals surface area (Å²) in [4.78, 5) is 46.8. The van der Waals surface area contributed by atoms with E-state index < -0.39 is 0 Å². The normalized spacial score (nSPS) is 13.1. The van der Waals surface area contributed by atoms with E-state index in [-0.39, 0.29) is 0 Å². The number of hydrogen-bond donors (Lipinski definition) is 5. The third-order valence-electron chi connectivity index (χ3n) is 13.0. The molecule has 13 rings (SSSR count). The Morgan fingerprint density at radius 2 is 1.32 bits per heavy atom. The molecule has 0 radical (unpaired) electrons. The number of pyridine rings is 6. The number of nitrogens with zero attached hydrogens (tertiary/aromatic N) is 11. The van der Waals surface area contributed by atoms with Gasteiger partial charge in [-0.2, -0.15) is 21.5 Å². The van der Waals surface area contributed by atoms with Crippen LogP contribution < -0.4 is 5.32 Å². The summed E-state index contributed by atoms with van der Waals surface area (Å²) in [7, 11) is 0. The lowest BCUT2D eigenvalue weighted by Crippen LogP contribution is -2.18. The number of aromatic amines is 4. The van der Waals surface area contributed by atoms with Crippen molar-refractivity contribution in [1.29, 1.82) is 0 Å². The summed E-state index contributed by atoms with van der Waals surface area (Å²) in [6, 6.07) is 24.2. The number of hydrogen-bond acceptors (Lipinski definition) is 14. The lowest BCUT2D eigenvalue weighted by molar-refractivity contribution is 0.331. The third kappa shape index (κ3) is 9.93. The maximum Gasteiger partial charge on any atom is 0.161 e. The summed E-state index contributed by atoms with van der Waals surface area (Å²) in [5.74, 6) is 1.30. The van der Waals surface area contributed by atoms with E-state index in [4.69, 9.17) is 19.9 Å². The van der Waals surface area contributed by atoms with Gasteiger partial charge in [0, 0.05) is 70.7 Å². The highest BCUT2D eigenvalue weighted by atomic mass is 32.2. The van der Waals surface area contributed by atoms with E-state index in [2.05, 4.69) is 111 Å². The van der Waals surface area contributed by atoms with Crippen molar-refractivity contribution in [2.75, 3.05) is 18.4 Å². The molecule has 16 nitrogen and oxygen atoms in total. The first-order valence-corrected chi connectivity index (χ1v) is 26.5. The number of thiophene rings is 1. The molecule has 1 aliphatic rings. The second kappa shape index (κ2) is 20.7. The number of likely N-dealkylation sites (tertiary alicyclic amines) is 1. The summed E-state index contributed by atoms with van der Waals surface area (Å²) >= 11 is 3.44. The number of H-pyrrole nitrogens is 4. The van der Waals surface area contributed by atoms with Gasteiger partial charge in [-0.25, -0.2) is 19.9 Å². The van der Waals surface area contributed by atoms with Gasteiger partial charge in [0.05, 0.1) is 63.2 Å². The molecule has 12 heterocycles. The molecule has 0 aliphatic carbocycles. The second-order valence-electron chi connectivity index (χ2n) is 18.7. The van der Waals surface area contributed by atoms with Gasteiger partial charge < -0.3 is 15.3 Å². The SMILES string of the molecule is C/C(=C\SC(C)C)c1cncc2[nH]c(-c3n[nH]c4ccc(-c5cncc(CN6CCCC6)c5)nc34)nc12.C=C(Nc1cncc(-c2ccc3[nH]nc(-c4nc5c(-c6ccsc6)cncc5[nH]4)c3n2)c1)c1ccccc1. The molecule has 370 valence electrons. The van der Waals surface area contributed by atoms with Crippen LogP contribution in [0.3, 0.4) is 0 Å². The smallest absolute Gasteiger partial charge is 0.161 e. The lowest BCUT2D eigenvalue weighted by atomic mass is 10.1. The number of nitrogens with one attached hydrogen (secondary N) is 5. The van der Waals surface area contributed by atoms with Crippen LogP contribution in [0.4, 0.5) is 5.69 Å². The predicted octanol–water partition coefficient (Wildman–Crippen LogP) is 12.8. The van der Waals surface area contributed by atoms with Crippen LogP contribution in [0.1, 0.15) is 50.3 Å². The molecule has 1 fully saturated rings. The fourth-order valence-electron chi connectivity index (χ4n) is 9.21. The molecule has 0 saturated carbocycles. The minimum absolute atomic E-state index is 0.517. The summed E-state index contributed by atoms with van der Waals surface area (Å²) in [5, 5.41) is 25.5. The number of rotatable bonds is 13. The zero-order valence-electron chi connectivity index (χ0n) is 41.3. The van der Waals surface area contributed by atoms with E-state index in [1.807, 2.05) is 97.0 Å². The molecular weight excluding hydrogens is 973 g/mol. The fourth-order valence-corrected chi connectivity index (χ4v) is 10.5. The maximum atomic E-state index is 4.99. The first-order chi connectivity index (χ1) is 36.8. The Labute approximate surface area is 439 Å². The number of benzene rings is 1. The van der Waals surface area contributed by atoms with Crippen molar-refractivity contribution in [2.24, 2.45) is 0 Å². The lowest BCUT2D eigenvalue weighted by Gasteiger charge is -2.14. The summed E-state index contributed by atoms with van der Waals surface area (Å²) in [5.41, 5.74) is 19.6. The largest absolute Gasteiger partial charge is 0.354 e. The summed E-state index contributed by atoms with van der Waals surface area (Å²) in [6.07, 6.45) is 17.3. The Balaban J connectivity index is 0.000000152. The van der Waals surface area contributed by atoms with Gasteiger partial charge >= 0.3 is 0 Å². The Morgan fingerprint density at radius 1 is 0.680 bits per heavy atom. The third-order valence-corrected chi connectivity index (χ3v) is 14.7. The van der Waals surface area contributed by atoms with E-state index in [0.717, 1.165) is 125 Å². The topological polar surface area (TPSA) is 207 Å². The van der Waals surface area contributed by atoms with Crippen LogP contribution in [-0.4, -0.2) is 93.5 Å².